The molecule has 2 atom stereocenters. The van der Waals surface area contributed by atoms with Crippen LogP contribution in [0.3, 0.4) is 0 Å². The number of hydrogen-bond donors (Lipinski definition) is 1. The van der Waals surface area contributed by atoms with E-state index in [4.69, 9.17) is 5.73 Å². The highest BCUT2D eigenvalue weighted by atomic mass is 19.3. The number of nitrogens with zero attached hydrogens (tertiary/aromatic N) is 2. The molecule has 21 heavy (non-hydrogen) atoms. The van der Waals surface area contributed by atoms with E-state index in [1.807, 2.05) is 6.07 Å². The van der Waals surface area contributed by atoms with Crippen molar-refractivity contribution in [1.29, 1.82) is 0 Å². The summed E-state index contributed by atoms with van der Waals surface area (Å²) < 4.78 is 26.2. The number of piperidine rings is 1. The normalized spacial score (nSPS) is 23.0. The van der Waals surface area contributed by atoms with Crippen LogP contribution < -0.4 is 10.6 Å². The van der Waals surface area contributed by atoms with E-state index in [-0.39, 0.29) is 11.6 Å². The summed E-state index contributed by atoms with van der Waals surface area (Å²) in [7, 11) is 0. The van der Waals surface area contributed by atoms with Gasteiger partial charge in [-0.05, 0) is 36.6 Å². The lowest BCUT2D eigenvalue weighted by Crippen LogP contribution is -2.46. The summed E-state index contributed by atoms with van der Waals surface area (Å²) in [5.41, 5.74) is 7.42. The van der Waals surface area contributed by atoms with Crippen LogP contribution in [0.5, 0.6) is 0 Å². The Kier molecular flexibility index (Phi) is 3.76. The number of benzene rings is 1. The smallest absolute Gasteiger partial charge is 0.265 e. The largest absolute Gasteiger partial charge is 0.369 e. The molecule has 1 saturated heterocycles. The van der Waals surface area contributed by atoms with Gasteiger partial charge in [-0.3, -0.25) is 4.98 Å². The van der Waals surface area contributed by atoms with Gasteiger partial charge in [0.2, 0.25) is 0 Å². The van der Waals surface area contributed by atoms with E-state index >= 15 is 0 Å². The average Bonchev–Trinajstić information content (AvgIpc) is 2.44. The zero-order chi connectivity index (χ0) is 15.0. The van der Waals surface area contributed by atoms with Crippen LogP contribution in [0.4, 0.5) is 14.5 Å². The first kappa shape index (κ1) is 14.2. The van der Waals surface area contributed by atoms with Crippen LogP contribution in [0, 0.1) is 5.92 Å². The van der Waals surface area contributed by atoms with Gasteiger partial charge in [-0.25, -0.2) is 8.78 Å². The second-order valence-electron chi connectivity index (χ2n) is 5.88. The van der Waals surface area contributed by atoms with Gasteiger partial charge >= 0.3 is 0 Å². The summed E-state index contributed by atoms with van der Waals surface area (Å²) in [5, 5.41) is 0.775. The number of alkyl halides is 2. The predicted octanol–water partition coefficient (Wildman–Crippen LogP) is 3.35. The molecule has 2 N–H and O–H groups in total. The zero-order valence-corrected chi connectivity index (χ0v) is 12.0. The van der Waals surface area contributed by atoms with Gasteiger partial charge in [-0.15, -0.1) is 0 Å². The van der Waals surface area contributed by atoms with Crippen LogP contribution in [0.1, 0.15) is 25.3 Å². The maximum atomic E-state index is 13.1. The minimum absolute atomic E-state index is 0.0105. The standard InChI is InChI=1S/C16H19F2N3/c1-10-7-11(19)9-21(8-10)14-5-4-13(16(17)18)15-12(14)3-2-6-20-15/h2-6,10-11,16H,7-9,19H2,1H3. The highest BCUT2D eigenvalue weighted by molar-refractivity contribution is 5.94. The molecule has 3 rings (SSSR count). The molecule has 0 radical (unpaired) electrons. The molecular formula is C16H19F2N3. The highest BCUT2D eigenvalue weighted by Crippen LogP contribution is 2.34. The van der Waals surface area contributed by atoms with Crippen LogP contribution >= 0.6 is 0 Å². The monoisotopic (exact) mass is 291 g/mol. The van der Waals surface area contributed by atoms with Crippen molar-refractivity contribution >= 4 is 16.6 Å². The third kappa shape index (κ3) is 2.70. The maximum Gasteiger partial charge on any atom is 0.265 e. The number of pyridine rings is 1. The van der Waals surface area contributed by atoms with Gasteiger partial charge in [0, 0.05) is 42.0 Å². The lowest BCUT2D eigenvalue weighted by Gasteiger charge is -2.37. The van der Waals surface area contributed by atoms with E-state index in [1.165, 1.54) is 6.07 Å². The number of aromatic nitrogens is 1. The topological polar surface area (TPSA) is 42.1 Å². The Morgan fingerprint density at radius 3 is 2.81 bits per heavy atom. The predicted molar refractivity (Wildman–Crippen MR) is 80.7 cm³/mol. The van der Waals surface area contributed by atoms with Gasteiger partial charge in [-0.1, -0.05) is 6.92 Å². The molecule has 3 nitrogen and oxygen atoms in total. The van der Waals surface area contributed by atoms with Crippen LogP contribution in [0.15, 0.2) is 30.5 Å². The van der Waals surface area contributed by atoms with Crippen molar-refractivity contribution in [1.82, 2.24) is 4.98 Å². The number of anilines is 1. The van der Waals surface area contributed by atoms with Crippen LogP contribution in [-0.4, -0.2) is 24.1 Å². The third-order valence-corrected chi connectivity index (χ3v) is 4.05. The third-order valence-electron chi connectivity index (χ3n) is 4.05. The number of halogens is 2. The minimum atomic E-state index is -2.51. The molecule has 0 saturated carbocycles. The second kappa shape index (κ2) is 5.56. The molecule has 1 aromatic carbocycles. The molecule has 1 fully saturated rings. The number of hydrogen-bond acceptors (Lipinski definition) is 3. The quantitative estimate of drug-likeness (QED) is 0.922. The number of rotatable bonds is 2. The van der Waals surface area contributed by atoms with Gasteiger partial charge in [0.05, 0.1) is 5.52 Å². The van der Waals surface area contributed by atoms with E-state index in [0.29, 0.717) is 11.4 Å². The van der Waals surface area contributed by atoms with E-state index < -0.39 is 6.43 Å². The zero-order valence-electron chi connectivity index (χ0n) is 12.0. The Balaban J connectivity index is 2.09. The second-order valence-corrected chi connectivity index (χ2v) is 5.88. The Hall–Kier alpha value is -1.75. The average molecular weight is 291 g/mol. The van der Waals surface area contributed by atoms with E-state index in [0.717, 1.165) is 30.6 Å². The van der Waals surface area contributed by atoms with E-state index in [9.17, 15) is 8.78 Å². The molecule has 2 heterocycles. The summed E-state index contributed by atoms with van der Waals surface area (Å²) in [5.74, 6) is 0.496. The van der Waals surface area contributed by atoms with Crippen molar-refractivity contribution < 1.29 is 8.78 Å². The molecule has 112 valence electrons. The number of fused-ring (bicyclic) bond motifs is 1. The van der Waals surface area contributed by atoms with Crippen molar-refractivity contribution in [3.63, 3.8) is 0 Å². The van der Waals surface area contributed by atoms with E-state index in [1.54, 1.807) is 18.3 Å². The molecule has 2 unspecified atom stereocenters. The molecular weight excluding hydrogens is 272 g/mol. The summed E-state index contributed by atoms with van der Waals surface area (Å²) >= 11 is 0. The van der Waals surface area contributed by atoms with Crippen LogP contribution in [-0.2, 0) is 0 Å². The van der Waals surface area contributed by atoms with Crippen LogP contribution in [0.25, 0.3) is 10.9 Å². The van der Waals surface area contributed by atoms with Crippen LogP contribution in [0.2, 0.25) is 0 Å². The fraction of sp³-hybridized carbons (Fsp3) is 0.438. The van der Waals surface area contributed by atoms with E-state index in [2.05, 4.69) is 16.8 Å². The fourth-order valence-electron chi connectivity index (χ4n) is 3.23. The van der Waals surface area contributed by atoms with Gasteiger partial charge in [-0.2, -0.15) is 0 Å². The maximum absolute atomic E-state index is 13.1. The van der Waals surface area contributed by atoms with Gasteiger partial charge in [0.25, 0.3) is 6.43 Å². The Morgan fingerprint density at radius 2 is 2.10 bits per heavy atom. The van der Waals surface area contributed by atoms with Crippen molar-refractivity contribution in [3.8, 4) is 0 Å². The van der Waals surface area contributed by atoms with Crippen molar-refractivity contribution in [2.24, 2.45) is 11.7 Å². The van der Waals surface area contributed by atoms with Gasteiger partial charge in [0.1, 0.15) is 0 Å². The molecule has 5 heteroatoms. The van der Waals surface area contributed by atoms with Crippen molar-refractivity contribution in [2.45, 2.75) is 25.8 Å². The Bertz CT molecular complexity index is 634. The Morgan fingerprint density at radius 1 is 1.29 bits per heavy atom. The molecule has 2 aromatic rings. The molecule has 1 aliphatic rings. The summed E-state index contributed by atoms with van der Waals surface area (Å²) in [6, 6.07) is 7.02. The molecule has 0 bridgehead atoms. The van der Waals surface area contributed by atoms with Crippen molar-refractivity contribution in [2.75, 3.05) is 18.0 Å². The molecule has 1 aliphatic heterocycles. The molecule has 1 aromatic heterocycles. The first-order valence-electron chi connectivity index (χ1n) is 7.22. The number of nitrogens with two attached hydrogens (primary N) is 1. The molecule has 0 amide bonds. The lowest BCUT2D eigenvalue weighted by atomic mass is 9.95. The minimum Gasteiger partial charge on any atom is -0.369 e. The highest BCUT2D eigenvalue weighted by Gasteiger charge is 2.24. The molecule has 0 spiro atoms. The summed E-state index contributed by atoms with van der Waals surface area (Å²) in [6.45, 7) is 3.81. The fourth-order valence-corrected chi connectivity index (χ4v) is 3.23. The summed E-state index contributed by atoms with van der Waals surface area (Å²) in [6.07, 6.45) is 0.0451. The van der Waals surface area contributed by atoms with Crippen molar-refractivity contribution in [3.05, 3.63) is 36.0 Å². The van der Waals surface area contributed by atoms with Gasteiger partial charge < -0.3 is 10.6 Å². The SMILES string of the molecule is CC1CC(N)CN(c2ccc(C(F)F)c3ncccc23)C1. The van der Waals surface area contributed by atoms with Gasteiger partial charge in [0.15, 0.2) is 0 Å². The Labute approximate surface area is 122 Å². The molecule has 0 aliphatic carbocycles. The first-order valence-corrected chi connectivity index (χ1v) is 7.22. The summed E-state index contributed by atoms with van der Waals surface area (Å²) in [4.78, 5) is 6.35. The lowest BCUT2D eigenvalue weighted by molar-refractivity contribution is 0.153. The first-order chi connectivity index (χ1) is 10.1.